The van der Waals surface area contributed by atoms with Crippen LogP contribution in [0.3, 0.4) is 0 Å². The first-order valence-electron chi connectivity index (χ1n) is 8.28. The van der Waals surface area contributed by atoms with E-state index < -0.39 is 17.9 Å². The first-order valence-corrected chi connectivity index (χ1v) is 9.03. The Balaban J connectivity index is 1.89. The number of benzene rings is 2. The smallest absolute Gasteiger partial charge is 0.326 e. The molecule has 0 radical (unpaired) electrons. The van der Waals surface area contributed by atoms with Crippen molar-refractivity contribution in [1.29, 1.82) is 0 Å². The molecule has 8 heteroatoms. The molecule has 1 amide bonds. The number of carbonyl (C=O) groups excluding carboxylic acids is 1. The van der Waals surface area contributed by atoms with E-state index >= 15 is 0 Å². The van der Waals surface area contributed by atoms with Crippen LogP contribution in [-0.2, 0) is 4.79 Å². The Morgan fingerprint density at radius 2 is 1.89 bits per heavy atom. The third-order valence-electron chi connectivity index (χ3n) is 3.94. The molecule has 3 aromatic rings. The number of amides is 1. The minimum atomic E-state index is -1.06. The molecule has 1 atom stereocenters. The van der Waals surface area contributed by atoms with E-state index in [1.807, 2.05) is 6.92 Å². The van der Waals surface area contributed by atoms with Crippen LogP contribution in [0, 0.1) is 0 Å². The van der Waals surface area contributed by atoms with Gasteiger partial charge >= 0.3 is 5.97 Å². The monoisotopic (exact) mass is 406 g/mol. The summed E-state index contributed by atoms with van der Waals surface area (Å²) >= 11 is 12.0. The van der Waals surface area contributed by atoms with Crippen LogP contribution in [-0.4, -0.2) is 28.0 Å². The standard InChI is InChI=1S/C19H16Cl2N2O4/c1-2-3-15(19(25)26)22-17(24)10-4-5-14-16(8-10)27-18(23-14)11-6-12(20)9-13(21)7-11/h4-9,15H,2-3H2,1H3,(H,22,24)(H,25,26). The Kier molecular flexibility index (Phi) is 5.68. The zero-order valence-electron chi connectivity index (χ0n) is 14.3. The third-order valence-corrected chi connectivity index (χ3v) is 4.38. The van der Waals surface area contributed by atoms with Gasteiger partial charge in [-0.2, -0.15) is 0 Å². The maximum atomic E-state index is 12.4. The molecular formula is C19H16Cl2N2O4. The number of oxazole rings is 1. The number of nitrogens with one attached hydrogen (secondary N) is 1. The van der Waals surface area contributed by atoms with Crippen LogP contribution in [0.4, 0.5) is 0 Å². The molecule has 0 bridgehead atoms. The van der Waals surface area contributed by atoms with Crippen LogP contribution in [0.2, 0.25) is 10.0 Å². The highest BCUT2D eigenvalue weighted by Gasteiger charge is 2.20. The van der Waals surface area contributed by atoms with Gasteiger partial charge in [-0.25, -0.2) is 9.78 Å². The number of hydrogen-bond acceptors (Lipinski definition) is 4. The predicted octanol–water partition coefficient (Wildman–Crippen LogP) is 4.78. The average molecular weight is 407 g/mol. The van der Waals surface area contributed by atoms with Gasteiger partial charge in [0.15, 0.2) is 5.58 Å². The van der Waals surface area contributed by atoms with E-state index in [0.29, 0.717) is 45.4 Å². The fourth-order valence-electron chi connectivity index (χ4n) is 2.65. The maximum Gasteiger partial charge on any atom is 0.326 e. The molecule has 0 aliphatic carbocycles. The average Bonchev–Trinajstić information content (AvgIpc) is 3.03. The number of aromatic nitrogens is 1. The van der Waals surface area contributed by atoms with Crippen LogP contribution < -0.4 is 5.32 Å². The number of carboxylic acids is 1. The van der Waals surface area contributed by atoms with E-state index in [2.05, 4.69) is 10.3 Å². The molecule has 3 rings (SSSR count). The molecule has 0 aliphatic heterocycles. The predicted molar refractivity (Wildman–Crippen MR) is 103 cm³/mol. The Hall–Kier alpha value is -2.57. The minimum Gasteiger partial charge on any atom is -0.480 e. The van der Waals surface area contributed by atoms with Crippen molar-refractivity contribution in [3.05, 3.63) is 52.0 Å². The van der Waals surface area contributed by atoms with E-state index in [9.17, 15) is 14.7 Å². The Bertz CT molecular complexity index is 996. The summed E-state index contributed by atoms with van der Waals surface area (Å²) in [6.07, 6.45) is 0.995. The van der Waals surface area contributed by atoms with Crippen molar-refractivity contribution in [2.24, 2.45) is 0 Å². The Morgan fingerprint density at radius 1 is 1.19 bits per heavy atom. The second-order valence-corrected chi connectivity index (χ2v) is 6.89. The lowest BCUT2D eigenvalue weighted by Crippen LogP contribution is -2.40. The van der Waals surface area contributed by atoms with Crippen molar-refractivity contribution in [2.45, 2.75) is 25.8 Å². The number of fused-ring (bicyclic) bond motifs is 1. The van der Waals surface area contributed by atoms with Gasteiger partial charge in [0.25, 0.3) is 5.91 Å². The van der Waals surface area contributed by atoms with Gasteiger partial charge in [-0.3, -0.25) is 4.79 Å². The molecule has 0 saturated carbocycles. The SMILES string of the molecule is CCCC(NC(=O)c1ccc2nc(-c3cc(Cl)cc(Cl)c3)oc2c1)C(=O)O. The quantitative estimate of drug-likeness (QED) is 0.613. The third kappa shape index (κ3) is 4.40. The molecular weight excluding hydrogens is 391 g/mol. The number of aliphatic carboxylic acids is 1. The summed E-state index contributed by atoms with van der Waals surface area (Å²) in [6.45, 7) is 1.85. The zero-order chi connectivity index (χ0) is 19.6. The summed E-state index contributed by atoms with van der Waals surface area (Å²) in [5, 5.41) is 12.6. The second-order valence-electron chi connectivity index (χ2n) is 6.01. The van der Waals surface area contributed by atoms with Gasteiger partial charge in [-0.05, 0) is 42.8 Å². The lowest BCUT2D eigenvalue weighted by Gasteiger charge is -2.13. The van der Waals surface area contributed by atoms with Gasteiger partial charge in [0, 0.05) is 21.2 Å². The van der Waals surface area contributed by atoms with Crippen LogP contribution in [0.1, 0.15) is 30.1 Å². The summed E-state index contributed by atoms with van der Waals surface area (Å²) in [6, 6.07) is 8.75. The fourth-order valence-corrected chi connectivity index (χ4v) is 3.18. The topological polar surface area (TPSA) is 92.4 Å². The van der Waals surface area contributed by atoms with Crippen molar-refractivity contribution in [1.82, 2.24) is 10.3 Å². The zero-order valence-corrected chi connectivity index (χ0v) is 15.8. The first-order chi connectivity index (χ1) is 12.9. The van der Waals surface area contributed by atoms with Crippen molar-refractivity contribution in [3.63, 3.8) is 0 Å². The van der Waals surface area contributed by atoms with Crippen molar-refractivity contribution in [2.75, 3.05) is 0 Å². The number of rotatable bonds is 6. The molecule has 1 aromatic heterocycles. The molecule has 0 saturated heterocycles. The number of nitrogens with zero attached hydrogens (tertiary/aromatic N) is 1. The lowest BCUT2D eigenvalue weighted by molar-refractivity contribution is -0.139. The summed E-state index contributed by atoms with van der Waals surface area (Å²) in [7, 11) is 0. The second kappa shape index (κ2) is 7.98. The summed E-state index contributed by atoms with van der Waals surface area (Å²) in [5.41, 5.74) is 1.86. The highest BCUT2D eigenvalue weighted by Crippen LogP contribution is 2.29. The number of hydrogen-bond donors (Lipinski definition) is 2. The number of halogens is 2. The molecule has 0 fully saturated rings. The molecule has 1 unspecified atom stereocenters. The van der Waals surface area contributed by atoms with E-state index in [0.717, 1.165) is 0 Å². The number of carboxylic acid groups (broad SMARTS) is 1. The van der Waals surface area contributed by atoms with E-state index in [4.69, 9.17) is 27.6 Å². The Labute approximate surface area is 165 Å². The van der Waals surface area contributed by atoms with Crippen molar-refractivity contribution >= 4 is 46.2 Å². The van der Waals surface area contributed by atoms with Crippen molar-refractivity contribution in [3.8, 4) is 11.5 Å². The van der Waals surface area contributed by atoms with E-state index in [1.165, 1.54) is 6.07 Å². The molecule has 1 heterocycles. The van der Waals surface area contributed by atoms with Crippen LogP contribution in [0.15, 0.2) is 40.8 Å². The molecule has 2 N–H and O–H groups in total. The highest BCUT2D eigenvalue weighted by atomic mass is 35.5. The maximum absolute atomic E-state index is 12.4. The molecule has 140 valence electrons. The lowest BCUT2D eigenvalue weighted by atomic mass is 10.1. The van der Waals surface area contributed by atoms with Gasteiger partial charge in [-0.15, -0.1) is 0 Å². The molecule has 2 aromatic carbocycles. The minimum absolute atomic E-state index is 0.289. The molecule has 27 heavy (non-hydrogen) atoms. The van der Waals surface area contributed by atoms with Gasteiger partial charge in [0.05, 0.1) is 0 Å². The molecule has 0 aliphatic rings. The fraction of sp³-hybridized carbons (Fsp3) is 0.211. The van der Waals surface area contributed by atoms with Gasteiger partial charge in [-0.1, -0.05) is 36.5 Å². The van der Waals surface area contributed by atoms with E-state index in [-0.39, 0.29) is 5.56 Å². The van der Waals surface area contributed by atoms with Gasteiger partial charge < -0.3 is 14.8 Å². The van der Waals surface area contributed by atoms with Gasteiger partial charge in [0.2, 0.25) is 5.89 Å². The molecule has 0 spiro atoms. The van der Waals surface area contributed by atoms with E-state index in [1.54, 1.807) is 30.3 Å². The number of carbonyl (C=O) groups is 2. The van der Waals surface area contributed by atoms with Gasteiger partial charge in [0.1, 0.15) is 11.6 Å². The first kappa shape index (κ1) is 19.2. The normalized spacial score (nSPS) is 12.1. The summed E-state index contributed by atoms with van der Waals surface area (Å²) in [4.78, 5) is 28.0. The Morgan fingerprint density at radius 3 is 2.52 bits per heavy atom. The van der Waals surface area contributed by atoms with Crippen LogP contribution in [0.25, 0.3) is 22.6 Å². The van der Waals surface area contributed by atoms with Crippen LogP contribution >= 0.6 is 23.2 Å². The van der Waals surface area contributed by atoms with Crippen LogP contribution in [0.5, 0.6) is 0 Å². The summed E-state index contributed by atoms with van der Waals surface area (Å²) < 4.78 is 5.73. The molecule has 6 nitrogen and oxygen atoms in total. The summed E-state index contributed by atoms with van der Waals surface area (Å²) in [5.74, 6) is -1.23. The van der Waals surface area contributed by atoms with Crippen molar-refractivity contribution < 1.29 is 19.1 Å². The highest BCUT2D eigenvalue weighted by molar-refractivity contribution is 6.35. The largest absolute Gasteiger partial charge is 0.480 e.